The monoisotopic (exact) mass is 343 g/mol. The fourth-order valence-corrected chi connectivity index (χ4v) is 2.45. The summed E-state index contributed by atoms with van der Waals surface area (Å²) < 4.78 is 5.58. The fourth-order valence-electron chi connectivity index (χ4n) is 2.45. The Morgan fingerprint density at radius 2 is 1.84 bits per heavy atom. The number of anilines is 1. The van der Waals surface area contributed by atoms with Crippen LogP contribution >= 0.6 is 0 Å². The van der Waals surface area contributed by atoms with E-state index in [1.165, 1.54) is 18.2 Å². The second-order valence-corrected chi connectivity index (χ2v) is 5.96. The van der Waals surface area contributed by atoms with Crippen LogP contribution in [0.15, 0.2) is 30.3 Å². The maximum Gasteiger partial charge on any atom is 0.307 e. The highest BCUT2D eigenvalue weighted by Gasteiger charge is 2.11. The van der Waals surface area contributed by atoms with Crippen LogP contribution in [0, 0.1) is 20.8 Å². The summed E-state index contributed by atoms with van der Waals surface area (Å²) in [6.07, 6.45) is -0.193. The van der Waals surface area contributed by atoms with Crippen molar-refractivity contribution in [3.05, 3.63) is 52.6 Å². The van der Waals surface area contributed by atoms with E-state index in [0.29, 0.717) is 11.3 Å². The number of carboxylic acid groups (broad SMARTS) is 1. The average molecular weight is 343 g/mol. The van der Waals surface area contributed by atoms with Gasteiger partial charge in [-0.1, -0.05) is 12.1 Å². The summed E-state index contributed by atoms with van der Waals surface area (Å²) in [4.78, 5) is 22.9. The summed E-state index contributed by atoms with van der Waals surface area (Å²) in [5.74, 6) is -0.931. The lowest BCUT2D eigenvalue weighted by Gasteiger charge is -2.13. The van der Waals surface area contributed by atoms with Crippen LogP contribution in [-0.2, 0) is 16.0 Å². The van der Waals surface area contributed by atoms with Gasteiger partial charge in [-0.2, -0.15) is 0 Å². The van der Waals surface area contributed by atoms with E-state index in [2.05, 4.69) is 5.32 Å². The van der Waals surface area contributed by atoms with E-state index in [1.54, 1.807) is 0 Å². The summed E-state index contributed by atoms with van der Waals surface area (Å²) in [6, 6.07) is 8.18. The summed E-state index contributed by atoms with van der Waals surface area (Å²) in [5.41, 5.74) is 3.72. The Labute approximate surface area is 146 Å². The molecule has 25 heavy (non-hydrogen) atoms. The summed E-state index contributed by atoms with van der Waals surface area (Å²) >= 11 is 0. The minimum atomic E-state index is -0.989. The zero-order chi connectivity index (χ0) is 18.6. The van der Waals surface area contributed by atoms with E-state index in [0.717, 1.165) is 16.7 Å². The molecule has 0 bridgehead atoms. The van der Waals surface area contributed by atoms with E-state index in [-0.39, 0.29) is 24.5 Å². The molecule has 0 fully saturated rings. The van der Waals surface area contributed by atoms with Gasteiger partial charge in [0.2, 0.25) is 0 Å². The van der Waals surface area contributed by atoms with Crippen molar-refractivity contribution in [1.82, 2.24) is 0 Å². The molecule has 0 aliphatic carbocycles. The Morgan fingerprint density at radius 1 is 1.12 bits per heavy atom. The molecule has 0 saturated heterocycles. The number of amides is 1. The van der Waals surface area contributed by atoms with Crippen LogP contribution < -0.4 is 10.1 Å². The van der Waals surface area contributed by atoms with Crippen LogP contribution in [0.5, 0.6) is 11.5 Å². The number of aliphatic carboxylic acids is 1. The topological polar surface area (TPSA) is 95.9 Å². The molecule has 0 atom stereocenters. The normalized spacial score (nSPS) is 10.4. The molecule has 0 spiro atoms. The largest absolute Gasteiger partial charge is 0.506 e. The van der Waals surface area contributed by atoms with Gasteiger partial charge in [-0.05, 0) is 61.2 Å². The predicted molar refractivity (Wildman–Crippen MR) is 94.2 cm³/mol. The summed E-state index contributed by atoms with van der Waals surface area (Å²) in [6.45, 7) is 5.63. The number of carboxylic acids is 1. The first kappa shape index (κ1) is 18.3. The predicted octanol–water partition coefficient (Wildman–Crippen LogP) is 2.96. The molecule has 0 aliphatic heterocycles. The van der Waals surface area contributed by atoms with Crippen LogP contribution in [0.1, 0.15) is 22.3 Å². The van der Waals surface area contributed by atoms with Crippen LogP contribution in [0.4, 0.5) is 5.69 Å². The first-order valence-corrected chi connectivity index (χ1v) is 7.80. The second kappa shape index (κ2) is 7.70. The van der Waals surface area contributed by atoms with Gasteiger partial charge in [-0.15, -0.1) is 0 Å². The van der Waals surface area contributed by atoms with Crippen molar-refractivity contribution in [3.8, 4) is 11.5 Å². The van der Waals surface area contributed by atoms with Crippen LogP contribution in [0.25, 0.3) is 0 Å². The molecule has 0 unspecified atom stereocenters. The fraction of sp³-hybridized carbons (Fsp3) is 0.263. The number of nitrogens with one attached hydrogen (secondary N) is 1. The maximum absolute atomic E-state index is 12.1. The average Bonchev–Trinajstić information content (AvgIpc) is 2.52. The minimum Gasteiger partial charge on any atom is -0.506 e. The van der Waals surface area contributed by atoms with Crippen molar-refractivity contribution in [2.45, 2.75) is 27.2 Å². The molecule has 0 radical (unpaired) electrons. The summed E-state index contributed by atoms with van der Waals surface area (Å²) in [5, 5.41) is 21.2. The molecule has 6 heteroatoms. The van der Waals surface area contributed by atoms with Gasteiger partial charge in [-0.25, -0.2) is 0 Å². The maximum atomic E-state index is 12.1. The number of phenolic OH excluding ortho intramolecular Hbond substituents is 1. The van der Waals surface area contributed by atoms with Gasteiger partial charge >= 0.3 is 5.97 Å². The standard InChI is InChI=1S/C19H21NO5/c1-11-6-12(2)13(3)17(7-11)25-10-18(22)20-15-8-14(9-19(23)24)4-5-16(15)21/h4-8,21H,9-10H2,1-3H3,(H,20,22)(H,23,24). The van der Waals surface area contributed by atoms with Crippen molar-refractivity contribution in [2.24, 2.45) is 0 Å². The quantitative estimate of drug-likeness (QED) is 0.701. The third-order valence-electron chi connectivity index (χ3n) is 3.81. The lowest BCUT2D eigenvalue weighted by Crippen LogP contribution is -2.20. The summed E-state index contributed by atoms with van der Waals surface area (Å²) in [7, 11) is 0. The molecular formula is C19H21NO5. The number of hydrogen-bond acceptors (Lipinski definition) is 4. The number of rotatable bonds is 6. The number of phenols is 1. The minimum absolute atomic E-state index is 0.134. The zero-order valence-corrected chi connectivity index (χ0v) is 14.4. The SMILES string of the molecule is Cc1cc(C)c(C)c(OCC(=O)Nc2cc(CC(=O)O)ccc2O)c1. The smallest absolute Gasteiger partial charge is 0.307 e. The Balaban J connectivity index is 2.04. The molecule has 0 aromatic heterocycles. The van der Waals surface area contributed by atoms with E-state index in [1.807, 2.05) is 32.9 Å². The van der Waals surface area contributed by atoms with Gasteiger partial charge < -0.3 is 20.3 Å². The van der Waals surface area contributed by atoms with Crippen LogP contribution in [-0.4, -0.2) is 28.7 Å². The number of hydrogen-bond donors (Lipinski definition) is 3. The van der Waals surface area contributed by atoms with Gasteiger partial charge in [-0.3, -0.25) is 9.59 Å². The van der Waals surface area contributed by atoms with Gasteiger partial charge in [0.05, 0.1) is 12.1 Å². The van der Waals surface area contributed by atoms with Crippen molar-refractivity contribution in [3.63, 3.8) is 0 Å². The molecule has 1 amide bonds. The number of carbonyl (C=O) groups excluding carboxylic acids is 1. The Kier molecular flexibility index (Phi) is 5.64. The van der Waals surface area contributed by atoms with Crippen molar-refractivity contribution in [2.75, 3.05) is 11.9 Å². The number of benzene rings is 2. The molecule has 3 N–H and O–H groups in total. The molecule has 2 aromatic rings. The first-order chi connectivity index (χ1) is 11.8. The van der Waals surface area contributed by atoms with Gasteiger partial charge in [0.15, 0.2) is 6.61 Å². The van der Waals surface area contributed by atoms with Crippen molar-refractivity contribution < 1.29 is 24.5 Å². The number of aryl methyl sites for hydroxylation is 2. The van der Waals surface area contributed by atoms with E-state index >= 15 is 0 Å². The third-order valence-corrected chi connectivity index (χ3v) is 3.81. The molecule has 6 nitrogen and oxygen atoms in total. The highest BCUT2D eigenvalue weighted by atomic mass is 16.5. The van der Waals surface area contributed by atoms with Gasteiger partial charge in [0.1, 0.15) is 11.5 Å². The second-order valence-electron chi connectivity index (χ2n) is 5.96. The molecular weight excluding hydrogens is 322 g/mol. The number of carbonyl (C=O) groups is 2. The lowest BCUT2D eigenvalue weighted by atomic mass is 10.1. The van der Waals surface area contributed by atoms with Gasteiger partial charge in [0, 0.05) is 0 Å². The molecule has 0 aliphatic rings. The zero-order valence-electron chi connectivity index (χ0n) is 14.4. The molecule has 2 aromatic carbocycles. The van der Waals surface area contributed by atoms with Crippen molar-refractivity contribution >= 4 is 17.6 Å². The van der Waals surface area contributed by atoms with Gasteiger partial charge in [0.25, 0.3) is 5.91 Å². The lowest BCUT2D eigenvalue weighted by molar-refractivity contribution is -0.136. The van der Waals surface area contributed by atoms with E-state index < -0.39 is 11.9 Å². The Morgan fingerprint density at radius 3 is 2.52 bits per heavy atom. The first-order valence-electron chi connectivity index (χ1n) is 7.80. The van der Waals surface area contributed by atoms with E-state index in [9.17, 15) is 14.7 Å². The van der Waals surface area contributed by atoms with Crippen molar-refractivity contribution in [1.29, 1.82) is 0 Å². The molecule has 0 heterocycles. The highest BCUT2D eigenvalue weighted by molar-refractivity contribution is 5.93. The van der Waals surface area contributed by atoms with Crippen LogP contribution in [0.2, 0.25) is 0 Å². The third kappa shape index (κ3) is 4.97. The molecule has 2 rings (SSSR count). The molecule has 132 valence electrons. The Bertz CT molecular complexity index is 814. The highest BCUT2D eigenvalue weighted by Crippen LogP contribution is 2.25. The van der Waals surface area contributed by atoms with Crippen LogP contribution in [0.3, 0.4) is 0 Å². The number of aromatic hydroxyl groups is 1. The Hall–Kier alpha value is -3.02. The van der Waals surface area contributed by atoms with E-state index in [4.69, 9.17) is 9.84 Å². The molecule has 0 saturated carbocycles. The number of ether oxygens (including phenoxy) is 1.